The fraction of sp³-hybridized carbons (Fsp3) is 0.154. The van der Waals surface area contributed by atoms with E-state index in [0.717, 1.165) is 15.7 Å². The molecule has 1 aromatic carbocycles. The van der Waals surface area contributed by atoms with Gasteiger partial charge in [-0.05, 0) is 21.9 Å². The van der Waals surface area contributed by atoms with Gasteiger partial charge < -0.3 is 4.57 Å². The third-order valence-corrected chi connectivity index (χ3v) is 4.02. The molecule has 0 N–H and O–H groups in total. The van der Waals surface area contributed by atoms with E-state index in [-0.39, 0.29) is 38.3 Å². The number of aromatic nitrogens is 1. The summed E-state index contributed by atoms with van der Waals surface area (Å²) in [6.45, 7) is 2.51. The Hall–Kier alpha value is 0.524. The van der Waals surface area contributed by atoms with Gasteiger partial charge in [-0.2, -0.15) is 12.1 Å². The fourth-order valence-electron chi connectivity index (χ4n) is 1.71. The Bertz CT molecular complexity index is 658. The van der Waals surface area contributed by atoms with Crippen molar-refractivity contribution >= 4 is 43.5 Å². The molecule has 0 unspecified atom stereocenters. The van der Waals surface area contributed by atoms with Gasteiger partial charge >= 0.3 is 0 Å². The molecule has 2 rings (SSSR count). The summed E-state index contributed by atoms with van der Waals surface area (Å²) < 4.78 is 3.02. The molecule has 0 atom stereocenters. The van der Waals surface area contributed by atoms with Gasteiger partial charge in [-0.15, -0.1) is 22.0 Å². The SMILES string of the molecule is CCn1c(-c2ccc(Cl)cc2Br)[c-]cc(Br)c1=O.[Y]. The van der Waals surface area contributed by atoms with Crippen molar-refractivity contribution in [3.63, 3.8) is 0 Å². The second-order valence-electron chi connectivity index (χ2n) is 3.66. The van der Waals surface area contributed by atoms with Gasteiger partial charge in [0.25, 0.3) is 0 Å². The van der Waals surface area contributed by atoms with Gasteiger partial charge in [0, 0.05) is 44.3 Å². The summed E-state index contributed by atoms with van der Waals surface area (Å²) in [7, 11) is 0. The summed E-state index contributed by atoms with van der Waals surface area (Å²) in [6, 6.07) is 10.2. The quantitative estimate of drug-likeness (QED) is 0.582. The minimum Gasteiger partial charge on any atom is -0.342 e. The molecule has 1 heterocycles. The Morgan fingerprint density at radius 2 is 2.00 bits per heavy atom. The smallest absolute Gasteiger partial charge is 0.208 e. The number of hydrogen-bond donors (Lipinski definition) is 0. The number of halogens is 3. The zero-order valence-electron chi connectivity index (χ0n) is 10.1. The van der Waals surface area contributed by atoms with Gasteiger partial charge in [-0.1, -0.05) is 44.9 Å². The van der Waals surface area contributed by atoms with E-state index in [1.54, 1.807) is 22.8 Å². The van der Waals surface area contributed by atoms with Gasteiger partial charge in [-0.3, -0.25) is 4.79 Å². The van der Waals surface area contributed by atoms with Crippen LogP contribution in [0.4, 0.5) is 0 Å². The molecule has 0 aliphatic heterocycles. The maximum Gasteiger partial charge on any atom is 0.208 e. The molecule has 0 amide bonds. The average Bonchev–Trinajstić information content (AvgIpc) is 2.33. The van der Waals surface area contributed by atoms with E-state index in [0.29, 0.717) is 16.0 Å². The molecule has 19 heavy (non-hydrogen) atoms. The first-order valence-electron chi connectivity index (χ1n) is 5.31. The van der Waals surface area contributed by atoms with Crippen molar-refractivity contribution in [1.29, 1.82) is 0 Å². The van der Waals surface area contributed by atoms with Crippen LogP contribution in [-0.2, 0) is 39.3 Å². The number of hydrogen-bond acceptors (Lipinski definition) is 1. The summed E-state index contributed by atoms with van der Waals surface area (Å²) >= 11 is 12.6. The molecular formula is C13H9Br2ClNOY-. The monoisotopic (exact) mass is 477 g/mol. The largest absolute Gasteiger partial charge is 0.342 e. The molecule has 97 valence electrons. The van der Waals surface area contributed by atoms with Crippen LogP contribution >= 0.6 is 43.5 Å². The zero-order valence-corrected chi connectivity index (χ0v) is 16.8. The van der Waals surface area contributed by atoms with E-state index >= 15 is 0 Å². The van der Waals surface area contributed by atoms with Crippen LogP contribution in [0.1, 0.15) is 6.92 Å². The maximum absolute atomic E-state index is 12.0. The summed E-state index contributed by atoms with van der Waals surface area (Å²) in [5, 5.41) is 0.646. The van der Waals surface area contributed by atoms with E-state index in [2.05, 4.69) is 37.9 Å². The zero-order chi connectivity index (χ0) is 13.3. The van der Waals surface area contributed by atoms with E-state index in [9.17, 15) is 4.79 Å². The second kappa shape index (κ2) is 7.51. The molecule has 0 bridgehead atoms. The maximum atomic E-state index is 12.0. The van der Waals surface area contributed by atoms with Gasteiger partial charge in [-0.25, -0.2) is 0 Å². The number of pyridine rings is 1. The van der Waals surface area contributed by atoms with E-state index in [4.69, 9.17) is 11.6 Å². The molecule has 0 saturated carbocycles. The van der Waals surface area contributed by atoms with Crippen LogP contribution in [0.2, 0.25) is 5.02 Å². The first kappa shape index (κ1) is 17.6. The molecule has 6 heteroatoms. The van der Waals surface area contributed by atoms with Crippen LogP contribution in [0.5, 0.6) is 0 Å². The number of nitrogens with zero attached hydrogens (tertiary/aromatic N) is 1. The van der Waals surface area contributed by atoms with Crippen molar-refractivity contribution in [2.45, 2.75) is 13.5 Å². The minimum atomic E-state index is -0.0619. The second-order valence-corrected chi connectivity index (χ2v) is 5.80. The molecule has 2 aromatic rings. The summed E-state index contributed by atoms with van der Waals surface area (Å²) in [5.74, 6) is 0. The van der Waals surface area contributed by atoms with Crippen LogP contribution in [0, 0.1) is 6.07 Å². The average molecular weight is 479 g/mol. The predicted octanol–water partition coefficient (Wildman–Crippen LogP) is 4.51. The first-order chi connectivity index (χ1) is 8.54. The summed E-state index contributed by atoms with van der Waals surface area (Å²) in [4.78, 5) is 12.0. The summed E-state index contributed by atoms with van der Waals surface area (Å²) in [6.07, 6.45) is 0. The van der Waals surface area contributed by atoms with Gasteiger partial charge in [0.05, 0.1) is 0 Å². The molecule has 0 aliphatic rings. The molecule has 1 aromatic heterocycles. The van der Waals surface area contributed by atoms with Gasteiger partial charge in [0.2, 0.25) is 5.56 Å². The van der Waals surface area contributed by atoms with Crippen LogP contribution in [-0.4, -0.2) is 4.57 Å². The Labute approximate surface area is 158 Å². The Balaban J connectivity index is 0.00000180. The molecule has 0 fully saturated rings. The Morgan fingerprint density at radius 3 is 2.58 bits per heavy atom. The fourth-order valence-corrected chi connectivity index (χ4v) is 2.91. The van der Waals surface area contributed by atoms with Crippen molar-refractivity contribution in [1.82, 2.24) is 4.57 Å². The molecule has 0 spiro atoms. The molecular weight excluding hydrogens is 470 g/mol. The normalized spacial score (nSPS) is 10.1. The van der Waals surface area contributed by atoms with Crippen molar-refractivity contribution < 1.29 is 32.7 Å². The van der Waals surface area contributed by atoms with Gasteiger partial charge in [0.1, 0.15) is 0 Å². The number of rotatable bonds is 2. The topological polar surface area (TPSA) is 22.0 Å². The number of benzene rings is 1. The van der Waals surface area contributed by atoms with Crippen molar-refractivity contribution in [2.75, 3.05) is 0 Å². The Kier molecular flexibility index (Phi) is 6.95. The predicted molar refractivity (Wildman–Crippen MR) is 81.1 cm³/mol. The molecule has 2 nitrogen and oxygen atoms in total. The van der Waals surface area contributed by atoms with Crippen LogP contribution in [0.3, 0.4) is 0 Å². The van der Waals surface area contributed by atoms with Crippen LogP contribution < -0.4 is 5.56 Å². The summed E-state index contributed by atoms with van der Waals surface area (Å²) in [5.41, 5.74) is 1.58. The molecule has 1 radical (unpaired) electrons. The van der Waals surface area contributed by atoms with Crippen LogP contribution in [0.25, 0.3) is 11.3 Å². The molecule has 0 saturated heterocycles. The van der Waals surface area contributed by atoms with E-state index in [1.807, 2.05) is 13.0 Å². The van der Waals surface area contributed by atoms with Crippen molar-refractivity contribution in [2.24, 2.45) is 0 Å². The minimum absolute atomic E-state index is 0. The standard InChI is InChI=1S/C13H9Br2ClNO.Y/c1-2-17-12(6-5-10(14)13(17)18)9-4-3-8(16)7-11(9)15;/h3-5,7H,2H2,1H3;/q-1;. The van der Waals surface area contributed by atoms with Crippen molar-refractivity contribution in [3.05, 3.63) is 54.7 Å². The van der Waals surface area contributed by atoms with E-state index < -0.39 is 0 Å². The third kappa shape index (κ3) is 3.79. The van der Waals surface area contributed by atoms with E-state index in [1.165, 1.54) is 0 Å². The molecule has 0 aliphatic carbocycles. The third-order valence-electron chi connectivity index (χ3n) is 2.56. The van der Waals surface area contributed by atoms with Gasteiger partial charge in [0.15, 0.2) is 0 Å². The van der Waals surface area contributed by atoms with Crippen molar-refractivity contribution in [3.8, 4) is 11.3 Å². The van der Waals surface area contributed by atoms with Crippen LogP contribution in [0.15, 0.2) is 38.0 Å². The Morgan fingerprint density at radius 1 is 1.32 bits per heavy atom. The first-order valence-corrected chi connectivity index (χ1v) is 7.27.